The van der Waals surface area contributed by atoms with Gasteiger partial charge in [-0.1, -0.05) is 29.8 Å². The lowest BCUT2D eigenvalue weighted by Crippen LogP contribution is -2.16. The molecule has 0 bridgehead atoms. The van der Waals surface area contributed by atoms with Gasteiger partial charge in [-0.3, -0.25) is 4.79 Å². The van der Waals surface area contributed by atoms with Gasteiger partial charge in [0.05, 0.1) is 5.52 Å². The predicted molar refractivity (Wildman–Crippen MR) is 54.2 cm³/mol. The topological polar surface area (TPSA) is 22.0 Å². The maximum atomic E-state index is 11.4. The third kappa shape index (κ3) is 1.23. The van der Waals surface area contributed by atoms with Crippen molar-refractivity contribution in [3.63, 3.8) is 0 Å². The molecule has 0 radical (unpaired) electrons. The molecule has 13 heavy (non-hydrogen) atoms. The third-order valence-electron chi connectivity index (χ3n) is 2.09. The Morgan fingerprint density at radius 1 is 1.31 bits per heavy atom. The first-order chi connectivity index (χ1) is 6.20. The van der Waals surface area contributed by atoms with Gasteiger partial charge in [0.1, 0.15) is 5.02 Å². The number of hydrogen-bond donors (Lipinski definition) is 0. The summed E-state index contributed by atoms with van der Waals surface area (Å²) in [5.41, 5.74) is 0.747. The molecule has 0 aliphatic rings. The smallest absolute Gasteiger partial charge is 0.269 e. The summed E-state index contributed by atoms with van der Waals surface area (Å²) in [7, 11) is 1.72. The van der Waals surface area contributed by atoms with Gasteiger partial charge in [0, 0.05) is 7.05 Å². The number of benzene rings is 1. The van der Waals surface area contributed by atoms with Crippen molar-refractivity contribution in [1.29, 1.82) is 0 Å². The zero-order valence-corrected chi connectivity index (χ0v) is 7.88. The molecule has 2 aromatic rings. The molecule has 0 saturated carbocycles. The summed E-state index contributed by atoms with van der Waals surface area (Å²) in [5.74, 6) is 0. The Morgan fingerprint density at radius 2 is 2.00 bits per heavy atom. The number of aryl methyl sites for hydroxylation is 1. The van der Waals surface area contributed by atoms with E-state index in [2.05, 4.69) is 0 Å². The summed E-state index contributed by atoms with van der Waals surface area (Å²) in [6, 6.07) is 9.34. The molecule has 0 spiro atoms. The monoisotopic (exact) mass is 193 g/mol. The van der Waals surface area contributed by atoms with E-state index in [0.717, 1.165) is 10.9 Å². The molecular formula is C10H8ClNO. The molecule has 0 N–H and O–H groups in total. The molecule has 0 unspecified atom stereocenters. The third-order valence-corrected chi connectivity index (χ3v) is 2.36. The van der Waals surface area contributed by atoms with E-state index in [1.165, 1.54) is 0 Å². The second-order valence-electron chi connectivity index (χ2n) is 2.92. The van der Waals surface area contributed by atoms with Crippen molar-refractivity contribution in [2.24, 2.45) is 7.05 Å². The molecule has 0 aliphatic heterocycles. The van der Waals surface area contributed by atoms with Crippen molar-refractivity contribution in [1.82, 2.24) is 4.57 Å². The highest BCUT2D eigenvalue weighted by Gasteiger charge is 2.02. The van der Waals surface area contributed by atoms with E-state index in [1.807, 2.05) is 24.3 Å². The minimum Gasteiger partial charge on any atom is -0.310 e. The number of aromatic nitrogens is 1. The van der Waals surface area contributed by atoms with Crippen LogP contribution < -0.4 is 5.56 Å². The highest BCUT2D eigenvalue weighted by Crippen LogP contribution is 2.14. The number of nitrogens with zero attached hydrogens (tertiary/aromatic N) is 1. The zero-order valence-electron chi connectivity index (χ0n) is 7.12. The van der Waals surface area contributed by atoms with Crippen molar-refractivity contribution >= 4 is 22.5 Å². The van der Waals surface area contributed by atoms with Crippen molar-refractivity contribution < 1.29 is 0 Å². The second-order valence-corrected chi connectivity index (χ2v) is 3.32. The molecule has 1 aromatic heterocycles. The van der Waals surface area contributed by atoms with Gasteiger partial charge in [-0.05, 0) is 17.5 Å². The van der Waals surface area contributed by atoms with Gasteiger partial charge >= 0.3 is 0 Å². The number of hydrogen-bond acceptors (Lipinski definition) is 1. The number of para-hydroxylation sites is 1. The molecule has 2 nitrogen and oxygen atoms in total. The van der Waals surface area contributed by atoms with Crippen LogP contribution in [0.3, 0.4) is 0 Å². The molecule has 1 aromatic carbocycles. The lowest BCUT2D eigenvalue weighted by atomic mass is 10.2. The van der Waals surface area contributed by atoms with E-state index in [0.29, 0.717) is 0 Å². The van der Waals surface area contributed by atoms with E-state index >= 15 is 0 Å². The Morgan fingerprint density at radius 3 is 2.77 bits per heavy atom. The first-order valence-corrected chi connectivity index (χ1v) is 4.32. The van der Waals surface area contributed by atoms with Crippen molar-refractivity contribution in [2.75, 3.05) is 0 Å². The molecule has 66 valence electrons. The first kappa shape index (κ1) is 8.32. The fraction of sp³-hybridized carbons (Fsp3) is 0.100. The Balaban J connectivity index is 3.02. The molecule has 0 saturated heterocycles. The van der Waals surface area contributed by atoms with E-state index < -0.39 is 0 Å². The Kier molecular flexibility index (Phi) is 1.85. The molecule has 0 aliphatic carbocycles. The van der Waals surface area contributed by atoms with E-state index in [-0.39, 0.29) is 10.6 Å². The molecular weight excluding hydrogens is 186 g/mol. The lowest BCUT2D eigenvalue weighted by Gasteiger charge is -2.04. The SMILES string of the molecule is Cn1c(=O)c(Cl)cc2ccccc21. The van der Waals surface area contributed by atoms with Crippen molar-refractivity contribution in [3.05, 3.63) is 45.7 Å². The van der Waals surface area contributed by atoms with Crippen LogP contribution in [-0.4, -0.2) is 4.57 Å². The Labute approximate surface area is 80.4 Å². The van der Waals surface area contributed by atoms with Crippen LogP contribution in [0.15, 0.2) is 35.1 Å². The van der Waals surface area contributed by atoms with Crippen molar-refractivity contribution in [3.8, 4) is 0 Å². The van der Waals surface area contributed by atoms with Crippen LogP contribution in [0.5, 0.6) is 0 Å². The standard InChI is InChI=1S/C10H8ClNO/c1-12-9-5-3-2-4-7(9)6-8(11)10(12)13/h2-6H,1H3. The summed E-state index contributed by atoms with van der Waals surface area (Å²) < 4.78 is 1.55. The maximum Gasteiger partial charge on any atom is 0.269 e. The molecule has 3 heteroatoms. The predicted octanol–water partition coefficient (Wildman–Crippen LogP) is 2.19. The average Bonchev–Trinajstić information content (AvgIpc) is 2.15. The number of pyridine rings is 1. The second kappa shape index (κ2) is 2.89. The van der Waals surface area contributed by atoms with Gasteiger partial charge in [-0.15, -0.1) is 0 Å². The summed E-state index contributed by atoms with van der Waals surface area (Å²) >= 11 is 5.76. The van der Waals surface area contributed by atoms with E-state index in [4.69, 9.17) is 11.6 Å². The number of halogens is 1. The fourth-order valence-electron chi connectivity index (χ4n) is 1.38. The van der Waals surface area contributed by atoms with Gasteiger partial charge in [-0.25, -0.2) is 0 Å². The Hall–Kier alpha value is -1.28. The lowest BCUT2D eigenvalue weighted by molar-refractivity contribution is 0.906. The minimum absolute atomic E-state index is 0.152. The van der Waals surface area contributed by atoms with E-state index in [1.54, 1.807) is 17.7 Å². The van der Waals surface area contributed by atoms with Crippen LogP contribution in [-0.2, 0) is 7.05 Å². The highest BCUT2D eigenvalue weighted by atomic mass is 35.5. The number of fused-ring (bicyclic) bond motifs is 1. The summed E-state index contributed by atoms with van der Waals surface area (Å²) in [5, 5.41) is 1.25. The van der Waals surface area contributed by atoms with Crippen LogP contribution in [0, 0.1) is 0 Å². The van der Waals surface area contributed by atoms with Crippen LogP contribution >= 0.6 is 11.6 Å². The molecule has 0 amide bonds. The van der Waals surface area contributed by atoms with E-state index in [9.17, 15) is 4.79 Å². The van der Waals surface area contributed by atoms with Crippen LogP contribution in [0.2, 0.25) is 5.02 Å². The minimum atomic E-state index is -0.152. The van der Waals surface area contributed by atoms with Gasteiger partial charge in [-0.2, -0.15) is 0 Å². The molecule has 0 fully saturated rings. The van der Waals surface area contributed by atoms with Gasteiger partial charge in [0.2, 0.25) is 0 Å². The van der Waals surface area contributed by atoms with Crippen LogP contribution in [0.1, 0.15) is 0 Å². The van der Waals surface area contributed by atoms with Gasteiger partial charge in [0.25, 0.3) is 5.56 Å². The summed E-state index contributed by atoms with van der Waals surface area (Å²) in [6.07, 6.45) is 0. The quantitative estimate of drug-likeness (QED) is 0.629. The highest BCUT2D eigenvalue weighted by molar-refractivity contribution is 6.31. The van der Waals surface area contributed by atoms with Gasteiger partial charge < -0.3 is 4.57 Å². The summed E-state index contributed by atoms with van der Waals surface area (Å²) in [6.45, 7) is 0. The molecule has 0 atom stereocenters. The van der Waals surface area contributed by atoms with Gasteiger partial charge in [0.15, 0.2) is 0 Å². The molecule has 1 heterocycles. The van der Waals surface area contributed by atoms with Crippen LogP contribution in [0.25, 0.3) is 10.9 Å². The zero-order chi connectivity index (χ0) is 9.42. The fourth-order valence-corrected chi connectivity index (χ4v) is 1.63. The molecule has 2 rings (SSSR count). The van der Waals surface area contributed by atoms with Crippen molar-refractivity contribution in [2.45, 2.75) is 0 Å². The van der Waals surface area contributed by atoms with Crippen LogP contribution in [0.4, 0.5) is 0 Å². The summed E-state index contributed by atoms with van der Waals surface area (Å²) in [4.78, 5) is 11.4. The normalized spacial score (nSPS) is 10.6. The maximum absolute atomic E-state index is 11.4. The Bertz CT molecular complexity index is 516. The number of rotatable bonds is 0. The first-order valence-electron chi connectivity index (χ1n) is 3.94. The average molecular weight is 194 g/mol. The largest absolute Gasteiger partial charge is 0.310 e.